The van der Waals surface area contributed by atoms with E-state index in [4.69, 9.17) is 15.7 Å². The van der Waals surface area contributed by atoms with Gasteiger partial charge in [0.1, 0.15) is 12.4 Å². The summed E-state index contributed by atoms with van der Waals surface area (Å²) in [5, 5.41) is 11.7. The number of hydrogen-bond acceptors (Lipinski definition) is 3. The second-order valence-corrected chi connectivity index (χ2v) is 6.26. The first-order valence-corrected chi connectivity index (χ1v) is 7.75. The quantitative estimate of drug-likeness (QED) is 0.341. The zero-order valence-corrected chi connectivity index (χ0v) is 14.5. The number of aryl methyl sites for hydroxylation is 1. The Hall–Kier alpha value is -1.53. The lowest BCUT2D eigenvalue weighted by Crippen LogP contribution is -2.13. The third kappa shape index (κ3) is 3.98. The van der Waals surface area contributed by atoms with Crippen LogP contribution >= 0.6 is 31.9 Å². The van der Waals surface area contributed by atoms with Gasteiger partial charge in [-0.1, -0.05) is 33.2 Å². The van der Waals surface area contributed by atoms with Gasteiger partial charge in [-0.3, -0.25) is 0 Å². The molecule has 0 saturated carbocycles. The summed E-state index contributed by atoms with van der Waals surface area (Å²) in [4.78, 5) is 0. The highest BCUT2D eigenvalue weighted by Gasteiger charge is 2.06. The van der Waals surface area contributed by atoms with Gasteiger partial charge in [0.15, 0.2) is 5.84 Å². The summed E-state index contributed by atoms with van der Waals surface area (Å²) in [6.07, 6.45) is 0. The molecule has 21 heavy (non-hydrogen) atoms. The second-order valence-electron chi connectivity index (χ2n) is 4.49. The first-order chi connectivity index (χ1) is 10.0. The maximum atomic E-state index is 8.68. The van der Waals surface area contributed by atoms with Gasteiger partial charge in [0, 0.05) is 10.0 Å². The maximum absolute atomic E-state index is 8.68. The molecular formula is C15H14Br2N2O2. The topological polar surface area (TPSA) is 67.8 Å². The lowest BCUT2D eigenvalue weighted by atomic mass is 10.1. The van der Waals surface area contributed by atoms with E-state index in [0.29, 0.717) is 12.2 Å². The molecule has 6 heteroatoms. The number of nitrogens with two attached hydrogens (primary N) is 1. The molecule has 0 heterocycles. The molecule has 3 N–H and O–H groups in total. The first kappa shape index (κ1) is 15.9. The zero-order valence-electron chi connectivity index (χ0n) is 11.3. The lowest BCUT2D eigenvalue weighted by Gasteiger charge is -2.11. The summed E-state index contributed by atoms with van der Waals surface area (Å²) in [7, 11) is 0. The van der Waals surface area contributed by atoms with Gasteiger partial charge in [-0.25, -0.2) is 0 Å². The second kappa shape index (κ2) is 6.95. The number of ether oxygens (including phenoxy) is 1. The average molecular weight is 414 g/mol. The van der Waals surface area contributed by atoms with Crippen molar-refractivity contribution >= 4 is 37.7 Å². The lowest BCUT2D eigenvalue weighted by molar-refractivity contribution is 0.303. The van der Waals surface area contributed by atoms with E-state index in [-0.39, 0.29) is 5.84 Å². The molecule has 0 aliphatic carbocycles. The number of halogens is 2. The third-order valence-electron chi connectivity index (χ3n) is 3.02. The Morgan fingerprint density at radius 3 is 2.62 bits per heavy atom. The Kier molecular flexibility index (Phi) is 5.25. The molecule has 0 spiro atoms. The fraction of sp³-hybridized carbons (Fsp3) is 0.133. The predicted molar refractivity (Wildman–Crippen MR) is 89.9 cm³/mol. The summed E-state index contributed by atoms with van der Waals surface area (Å²) in [5.41, 5.74) is 8.32. The first-order valence-electron chi connectivity index (χ1n) is 6.16. The highest BCUT2D eigenvalue weighted by Crippen LogP contribution is 2.29. The largest absolute Gasteiger partial charge is 0.488 e. The molecule has 0 bridgehead atoms. The van der Waals surface area contributed by atoms with Crippen LogP contribution in [0.4, 0.5) is 0 Å². The van der Waals surface area contributed by atoms with Crippen molar-refractivity contribution in [3.8, 4) is 5.75 Å². The summed E-state index contributed by atoms with van der Waals surface area (Å²) in [6, 6.07) is 11.3. The molecule has 0 aliphatic rings. The summed E-state index contributed by atoms with van der Waals surface area (Å²) >= 11 is 6.87. The predicted octanol–water partition coefficient (Wildman–Crippen LogP) is 4.19. The van der Waals surface area contributed by atoms with Crippen LogP contribution in [0.1, 0.15) is 16.7 Å². The monoisotopic (exact) mass is 412 g/mol. The minimum Gasteiger partial charge on any atom is -0.488 e. The van der Waals surface area contributed by atoms with Gasteiger partial charge in [0.25, 0.3) is 0 Å². The number of nitrogens with zero attached hydrogens (tertiary/aromatic N) is 1. The molecule has 0 amide bonds. The number of benzene rings is 2. The molecule has 2 aromatic carbocycles. The summed E-state index contributed by atoms with van der Waals surface area (Å²) < 4.78 is 7.69. The molecule has 0 aliphatic heterocycles. The zero-order chi connectivity index (χ0) is 15.4. The van der Waals surface area contributed by atoms with Crippen molar-refractivity contribution in [1.82, 2.24) is 0 Å². The van der Waals surface area contributed by atoms with E-state index < -0.39 is 0 Å². The van der Waals surface area contributed by atoms with Crippen LogP contribution in [0.5, 0.6) is 5.75 Å². The van der Waals surface area contributed by atoms with Crippen molar-refractivity contribution in [2.75, 3.05) is 0 Å². The van der Waals surface area contributed by atoms with Gasteiger partial charge < -0.3 is 15.7 Å². The molecule has 0 atom stereocenters. The fourth-order valence-electron chi connectivity index (χ4n) is 1.82. The molecule has 0 fully saturated rings. The van der Waals surface area contributed by atoms with Gasteiger partial charge >= 0.3 is 0 Å². The minimum absolute atomic E-state index is 0.0984. The van der Waals surface area contributed by atoms with E-state index in [9.17, 15) is 0 Å². The Bertz CT molecular complexity index is 687. The van der Waals surface area contributed by atoms with E-state index in [0.717, 1.165) is 25.8 Å². The molecule has 4 nitrogen and oxygen atoms in total. The highest BCUT2D eigenvalue weighted by molar-refractivity contribution is 9.11. The van der Waals surface area contributed by atoms with Gasteiger partial charge in [0.05, 0.1) is 4.47 Å². The van der Waals surface area contributed by atoms with Crippen LogP contribution in [0.3, 0.4) is 0 Å². The van der Waals surface area contributed by atoms with Crippen molar-refractivity contribution in [3.63, 3.8) is 0 Å². The van der Waals surface area contributed by atoms with E-state index in [1.165, 1.54) is 0 Å². The molecular weight excluding hydrogens is 400 g/mol. The van der Waals surface area contributed by atoms with Crippen LogP contribution in [0.15, 0.2) is 50.5 Å². The maximum Gasteiger partial charge on any atom is 0.170 e. The highest BCUT2D eigenvalue weighted by atomic mass is 79.9. The van der Waals surface area contributed by atoms with Gasteiger partial charge in [-0.2, -0.15) is 0 Å². The standard InChI is InChI=1S/C15H14Br2N2O2/c1-9-6-10(15(18)19-20)2-3-11(9)8-21-14-5-4-12(16)7-13(14)17/h2-7,20H,8H2,1H3,(H2,18,19). The van der Waals surface area contributed by atoms with Gasteiger partial charge in [0.2, 0.25) is 0 Å². The van der Waals surface area contributed by atoms with Crippen molar-refractivity contribution in [2.45, 2.75) is 13.5 Å². The van der Waals surface area contributed by atoms with Crippen molar-refractivity contribution < 1.29 is 9.94 Å². The number of oxime groups is 1. The molecule has 2 rings (SSSR count). The molecule has 2 aromatic rings. The number of hydrogen-bond donors (Lipinski definition) is 2. The van der Waals surface area contributed by atoms with Crippen LogP contribution in [-0.4, -0.2) is 11.0 Å². The van der Waals surface area contributed by atoms with Crippen LogP contribution in [0.2, 0.25) is 0 Å². The van der Waals surface area contributed by atoms with E-state index >= 15 is 0 Å². The SMILES string of the molecule is Cc1cc(/C(N)=N/O)ccc1COc1ccc(Br)cc1Br. The molecule has 0 unspecified atom stereocenters. The summed E-state index contributed by atoms with van der Waals surface area (Å²) in [6.45, 7) is 2.41. The smallest absolute Gasteiger partial charge is 0.170 e. The summed E-state index contributed by atoms with van der Waals surface area (Å²) in [5.74, 6) is 0.874. The Morgan fingerprint density at radius 1 is 1.24 bits per heavy atom. The van der Waals surface area contributed by atoms with Gasteiger partial charge in [-0.05, 0) is 58.2 Å². The minimum atomic E-state index is 0.0984. The molecule has 0 saturated heterocycles. The van der Waals surface area contributed by atoms with Crippen molar-refractivity contribution in [2.24, 2.45) is 10.9 Å². The Labute approximate surface area is 139 Å². The van der Waals surface area contributed by atoms with Crippen LogP contribution in [0.25, 0.3) is 0 Å². The van der Waals surface area contributed by atoms with Crippen LogP contribution < -0.4 is 10.5 Å². The molecule has 0 radical (unpaired) electrons. The van der Waals surface area contributed by atoms with Crippen molar-refractivity contribution in [3.05, 3.63) is 62.0 Å². The Balaban J connectivity index is 2.13. The normalized spacial score (nSPS) is 11.5. The van der Waals surface area contributed by atoms with E-state index in [1.54, 1.807) is 6.07 Å². The number of amidine groups is 1. The van der Waals surface area contributed by atoms with Crippen LogP contribution in [-0.2, 0) is 6.61 Å². The van der Waals surface area contributed by atoms with Crippen molar-refractivity contribution in [1.29, 1.82) is 0 Å². The fourth-order valence-corrected chi connectivity index (χ4v) is 2.98. The van der Waals surface area contributed by atoms with E-state index in [2.05, 4.69) is 37.0 Å². The number of rotatable bonds is 4. The van der Waals surface area contributed by atoms with Crippen LogP contribution in [0, 0.1) is 6.92 Å². The van der Waals surface area contributed by atoms with E-state index in [1.807, 2.05) is 37.3 Å². The van der Waals surface area contributed by atoms with Gasteiger partial charge in [-0.15, -0.1) is 0 Å². The third-order valence-corrected chi connectivity index (χ3v) is 4.14. The molecule has 110 valence electrons. The Morgan fingerprint density at radius 2 is 2.00 bits per heavy atom. The average Bonchev–Trinajstić information content (AvgIpc) is 2.46. The molecule has 0 aromatic heterocycles.